The van der Waals surface area contributed by atoms with Gasteiger partial charge in [-0.2, -0.15) is 0 Å². The van der Waals surface area contributed by atoms with Crippen molar-refractivity contribution in [1.29, 1.82) is 0 Å². The summed E-state index contributed by atoms with van der Waals surface area (Å²) in [4.78, 5) is 27.6. The van der Waals surface area contributed by atoms with E-state index in [0.29, 0.717) is 34.1 Å². The maximum atomic E-state index is 13.8. The number of carbonyl (C=O) groups excluding carboxylic acids is 2. The zero-order chi connectivity index (χ0) is 28.5. The molecule has 0 bridgehead atoms. The van der Waals surface area contributed by atoms with Gasteiger partial charge >= 0.3 is 0 Å². The van der Waals surface area contributed by atoms with Crippen molar-refractivity contribution in [3.05, 3.63) is 168 Å². The van der Waals surface area contributed by atoms with Crippen LogP contribution in [0.4, 0.5) is 0 Å². The van der Waals surface area contributed by atoms with Crippen molar-refractivity contribution < 1.29 is 19.1 Å². The number of rotatable bonds is 6. The smallest absolute Gasteiger partial charge is 0.198 e. The first-order valence-electron chi connectivity index (χ1n) is 13.7. The summed E-state index contributed by atoms with van der Waals surface area (Å²) in [6.07, 6.45) is 0. The first-order chi connectivity index (χ1) is 20.7. The summed E-state index contributed by atoms with van der Waals surface area (Å²) < 4.78 is 12.3. The lowest BCUT2D eigenvalue weighted by molar-refractivity contribution is 0.0975. The van der Waals surface area contributed by atoms with Crippen molar-refractivity contribution >= 4 is 11.6 Å². The van der Waals surface area contributed by atoms with E-state index in [2.05, 4.69) is 0 Å². The second-order valence-electron chi connectivity index (χ2n) is 10.0. The number of hydrogen-bond donors (Lipinski definition) is 0. The predicted octanol–water partition coefficient (Wildman–Crippen LogP) is 9.38. The lowest BCUT2D eigenvalue weighted by Gasteiger charge is -2.22. The average Bonchev–Trinajstić information content (AvgIpc) is 3.05. The topological polar surface area (TPSA) is 52.6 Å². The molecule has 42 heavy (non-hydrogen) atoms. The predicted molar refractivity (Wildman–Crippen MR) is 164 cm³/mol. The number of benzene rings is 6. The fourth-order valence-corrected chi connectivity index (χ4v) is 5.29. The van der Waals surface area contributed by atoms with Crippen LogP contribution in [0.1, 0.15) is 31.8 Å². The molecule has 0 saturated heterocycles. The summed E-state index contributed by atoms with van der Waals surface area (Å²) in [7, 11) is 0. The molecule has 1 aliphatic rings. The summed E-state index contributed by atoms with van der Waals surface area (Å²) in [6, 6.07) is 45.7. The highest BCUT2D eigenvalue weighted by atomic mass is 16.5. The van der Waals surface area contributed by atoms with Crippen LogP contribution in [0.2, 0.25) is 0 Å². The van der Waals surface area contributed by atoms with Crippen LogP contribution in [-0.2, 0) is 0 Å². The molecule has 4 nitrogen and oxygen atoms in total. The molecule has 6 aromatic carbocycles. The summed E-state index contributed by atoms with van der Waals surface area (Å²) in [6.45, 7) is 0. The van der Waals surface area contributed by atoms with Crippen molar-refractivity contribution in [2.45, 2.75) is 0 Å². The summed E-state index contributed by atoms with van der Waals surface area (Å²) in [5.41, 5.74) is 5.41. The number of fused-ring (bicyclic) bond motifs is 2. The second kappa shape index (κ2) is 10.7. The van der Waals surface area contributed by atoms with Crippen molar-refractivity contribution in [3.63, 3.8) is 0 Å². The van der Waals surface area contributed by atoms with Crippen molar-refractivity contribution in [2.75, 3.05) is 0 Å². The average molecular weight is 545 g/mol. The molecule has 0 N–H and O–H groups in total. The molecule has 0 atom stereocenters. The zero-order valence-corrected chi connectivity index (χ0v) is 22.5. The van der Waals surface area contributed by atoms with Gasteiger partial charge in [-0.25, -0.2) is 0 Å². The van der Waals surface area contributed by atoms with Crippen LogP contribution in [0.3, 0.4) is 0 Å². The maximum absolute atomic E-state index is 13.8. The van der Waals surface area contributed by atoms with Gasteiger partial charge in [0.2, 0.25) is 0 Å². The molecular formula is C38H24O4. The van der Waals surface area contributed by atoms with Crippen molar-refractivity contribution in [2.24, 2.45) is 0 Å². The fraction of sp³-hybridized carbons (Fsp3) is 0. The molecule has 0 heterocycles. The van der Waals surface area contributed by atoms with Gasteiger partial charge in [-0.15, -0.1) is 0 Å². The van der Waals surface area contributed by atoms with Gasteiger partial charge in [0.15, 0.2) is 11.6 Å². The third-order valence-corrected chi connectivity index (χ3v) is 7.37. The molecule has 0 saturated carbocycles. The molecule has 4 heteroatoms. The van der Waals surface area contributed by atoms with E-state index in [0.717, 1.165) is 22.3 Å². The van der Waals surface area contributed by atoms with Crippen LogP contribution in [-0.4, -0.2) is 11.6 Å². The Morgan fingerprint density at radius 2 is 0.690 bits per heavy atom. The van der Waals surface area contributed by atoms with E-state index >= 15 is 0 Å². The molecular weight excluding hydrogens is 520 g/mol. The molecule has 0 unspecified atom stereocenters. The van der Waals surface area contributed by atoms with Crippen LogP contribution in [0.25, 0.3) is 22.3 Å². The Labute approximate surface area is 243 Å². The Bertz CT molecular complexity index is 1780. The molecule has 0 amide bonds. The van der Waals surface area contributed by atoms with Crippen LogP contribution >= 0.6 is 0 Å². The molecule has 0 aromatic heterocycles. The molecule has 0 spiro atoms. The van der Waals surface area contributed by atoms with Crippen molar-refractivity contribution in [1.82, 2.24) is 0 Å². The van der Waals surface area contributed by atoms with Crippen LogP contribution in [0.5, 0.6) is 23.0 Å². The molecule has 0 fully saturated rings. The summed E-state index contributed by atoms with van der Waals surface area (Å²) >= 11 is 0. The Balaban J connectivity index is 1.17. The van der Waals surface area contributed by atoms with Crippen LogP contribution in [0, 0.1) is 0 Å². The SMILES string of the molecule is O=C1c2cccc(Oc3ccc(-c4ccccc4)cc3)c2C(=O)c2cccc(Oc3ccc(-c4ccccc4)cc3)c21. The highest BCUT2D eigenvalue weighted by Gasteiger charge is 2.35. The Morgan fingerprint density at radius 3 is 1.07 bits per heavy atom. The lowest BCUT2D eigenvalue weighted by Crippen LogP contribution is -2.22. The monoisotopic (exact) mass is 544 g/mol. The Morgan fingerprint density at radius 1 is 0.333 bits per heavy atom. The van der Waals surface area contributed by atoms with E-state index in [9.17, 15) is 9.59 Å². The Kier molecular flexibility index (Phi) is 6.42. The Hall–Kier alpha value is -5.74. The fourth-order valence-electron chi connectivity index (χ4n) is 5.29. The first kappa shape index (κ1) is 25.2. The second-order valence-corrected chi connectivity index (χ2v) is 10.0. The minimum Gasteiger partial charge on any atom is -0.457 e. The van der Waals surface area contributed by atoms with Gasteiger partial charge in [0.05, 0.1) is 11.1 Å². The minimum absolute atomic E-state index is 0.256. The number of ether oxygens (including phenoxy) is 2. The number of hydrogen-bond acceptors (Lipinski definition) is 4. The van der Waals surface area contributed by atoms with E-state index in [1.54, 1.807) is 36.4 Å². The zero-order valence-electron chi connectivity index (χ0n) is 22.5. The van der Waals surface area contributed by atoms with E-state index in [1.165, 1.54) is 0 Å². The van der Waals surface area contributed by atoms with E-state index in [1.807, 2.05) is 109 Å². The molecule has 0 aliphatic heterocycles. The normalized spacial score (nSPS) is 11.9. The van der Waals surface area contributed by atoms with E-state index in [-0.39, 0.29) is 22.7 Å². The molecule has 6 aromatic rings. The van der Waals surface area contributed by atoms with Crippen molar-refractivity contribution in [3.8, 4) is 45.3 Å². The summed E-state index contributed by atoms with van der Waals surface area (Å²) in [5, 5.41) is 0. The van der Waals surface area contributed by atoms with Gasteiger partial charge in [0.25, 0.3) is 0 Å². The minimum atomic E-state index is -0.277. The standard InChI is InChI=1S/C38H24O4/c39-37-32-14-8-16-34(42-30-23-19-28(20-24-30)26-11-5-2-6-12-26)36(32)38(40)31-13-7-15-33(35(31)37)41-29-21-17-27(18-22-29)25-9-3-1-4-10-25/h1-24H. The quantitative estimate of drug-likeness (QED) is 0.209. The van der Waals surface area contributed by atoms with Crippen LogP contribution in [0.15, 0.2) is 146 Å². The highest BCUT2D eigenvalue weighted by Crippen LogP contribution is 2.40. The first-order valence-corrected chi connectivity index (χ1v) is 13.7. The third-order valence-electron chi connectivity index (χ3n) is 7.37. The van der Waals surface area contributed by atoms with Gasteiger partial charge in [0.1, 0.15) is 23.0 Å². The van der Waals surface area contributed by atoms with Gasteiger partial charge < -0.3 is 9.47 Å². The molecule has 1 aliphatic carbocycles. The van der Waals surface area contributed by atoms with E-state index < -0.39 is 0 Å². The lowest BCUT2D eigenvalue weighted by atomic mass is 9.83. The number of carbonyl (C=O) groups is 2. The summed E-state index contributed by atoms with van der Waals surface area (Å²) in [5.74, 6) is 1.27. The molecule has 7 rings (SSSR count). The van der Waals surface area contributed by atoms with Gasteiger partial charge in [-0.05, 0) is 58.7 Å². The van der Waals surface area contributed by atoms with Gasteiger partial charge in [0, 0.05) is 11.1 Å². The van der Waals surface area contributed by atoms with Gasteiger partial charge in [-0.3, -0.25) is 9.59 Å². The van der Waals surface area contributed by atoms with E-state index in [4.69, 9.17) is 9.47 Å². The highest BCUT2D eigenvalue weighted by molar-refractivity contribution is 6.30. The van der Waals surface area contributed by atoms with Gasteiger partial charge in [-0.1, -0.05) is 109 Å². The molecule has 200 valence electrons. The maximum Gasteiger partial charge on any atom is 0.198 e. The number of ketones is 2. The van der Waals surface area contributed by atoms with Crippen LogP contribution < -0.4 is 9.47 Å². The largest absolute Gasteiger partial charge is 0.457 e. The molecule has 0 radical (unpaired) electrons. The third kappa shape index (κ3) is 4.65.